The van der Waals surface area contributed by atoms with E-state index in [0.717, 1.165) is 5.75 Å². The van der Waals surface area contributed by atoms with E-state index in [4.69, 9.17) is 4.74 Å². The normalized spacial score (nSPS) is 17.8. The zero-order chi connectivity index (χ0) is 19.8. The largest absolute Gasteiger partial charge is 0.517 e. The number of pyridine rings is 1. The van der Waals surface area contributed by atoms with Gasteiger partial charge in [0.15, 0.2) is 18.2 Å². The summed E-state index contributed by atoms with van der Waals surface area (Å²) in [6.45, 7) is 13.6. The summed E-state index contributed by atoms with van der Waals surface area (Å²) in [6, 6.07) is 15.4. The van der Waals surface area contributed by atoms with Gasteiger partial charge in [0.05, 0.1) is 10.9 Å². The second-order valence-electron chi connectivity index (χ2n) is 10.1. The van der Waals surface area contributed by atoms with Gasteiger partial charge in [-0.1, -0.05) is 62.8 Å². The highest BCUT2D eigenvalue weighted by molar-refractivity contribution is 5.88. The first-order chi connectivity index (χ1) is 13.1. The topological polar surface area (TPSA) is 16.1 Å². The summed E-state index contributed by atoms with van der Waals surface area (Å²) < 4.78 is 11.2. The van der Waals surface area contributed by atoms with E-state index in [2.05, 4.69) is 106 Å². The van der Waals surface area contributed by atoms with Gasteiger partial charge in [-0.05, 0) is 34.6 Å². The molecule has 1 aromatic heterocycles. The predicted molar refractivity (Wildman–Crippen MR) is 113 cm³/mol. The van der Waals surface area contributed by atoms with Crippen LogP contribution >= 0.6 is 0 Å². The average Bonchev–Trinajstić information content (AvgIpc) is 2.93. The van der Waals surface area contributed by atoms with Gasteiger partial charge in [0.1, 0.15) is 0 Å². The smallest absolute Gasteiger partial charge is 0.379 e. The lowest BCUT2D eigenvalue weighted by molar-refractivity contribution is -0.861. The molecule has 2 aliphatic heterocycles. The molecule has 0 N–H and O–H groups in total. The van der Waals surface area contributed by atoms with E-state index < -0.39 is 0 Å². The van der Waals surface area contributed by atoms with E-state index in [1.54, 1.807) is 0 Å². The first-order valence-electron chi connectivity index (χ1n) is 10.1. The fraction of sp³-hybridized carbons (Fsp3) is 0.360. The SMILES string of the molecule is CC(C)(C)c1cc2c(c(C(C)(C)C)c1)OC1[N+](=C2)c2cccc3ccc[n+]1c23. The van der Waals surface area contributed by atoms with Crippen molar-refractivity contribution >= 4 is 22.8 Å². The fourth-order valence-electron chi connectivity index (χ4n) is 4.29. The van der Waals surface area contributed by atoms with Crippen LogP contribution in [-0.4, -0.2) is 10.8 Å². The van der Waals surface area contributed by atoms with Crippen molar-refractivity contribution in [2.24, 2.45) is 0 Å². The highest BCUT2D eigenvalue weighted by atomic mass is 16.5. The van der Waals surface area contributed by atoms with Crippen molar-refractivity contribution in [1.29, 1.82) is 0 Å². The molecular weight excluding hydrogens is 344 g/mol. The van der Waals surface area contributed by atoms with Crippen molar-refractivity contribution in [3.8, 4) is 5.75 Å². The molecule has 0 radical (unpaired) electrons. The summed E-state index contributed by atoms with van der Waals surface area (Å²) in [5.41, 5.74) is 6.30. The molecule has 0 saturated heterocycles. The molecule has 0 spiro atoms. The van der Waals surface area contributed by atoms with Gasteiger partial charge in [-0.25, -0.2) is 0 Å². The first-order valence-corrected chi connectivity index (χ1v) is 10.1. The van der Waals surface area contributed by atoms with E-state index in [1.165, 1.54) is 33.3 Å². The van der Waals surface area contributed by atoms with E-state index in [1.807, 2.05) is 0 Å². The lowest BCUT2D eigenvalue weighted by atomic mass is 9.79. The van der Waals surface area contributed by atoms with Crippen molar-refractivity contribution < 1.29 is 13.9 Å². The number of hydrogen-bond donors (Lipinski definition) is 0. The Morgan fingerprint density at radius 3 is 2.36 bits per heavy atom. The summed E-state index contributed by atoms with van der Waals surface area (Å²) in [5, 5.41) is 1.24. The van der Waals surface area contributed by atoms with Gasteiger partial charge < -0.3 is 4.74 Å². The lowest BCUT2D eigenvalue weighted by Gasteiger charge is -2.29. The molecule has 0 fully saturated rings. The Labute approximate surface area is 166 Å². The molecule has 2 aliphatic rings. The standard InChI is InChI=1S/C25H28N2O/c1-24(2,3)18-13-17-15-27-20-11-7-9-16-10-8-12-26(21(16)20)23(27)28-22(17)19(14-18)25(4,5)6/h7-15,23H,1-6H3/q+2. The molecule has 28 heavy (non-hydrogen) atoms. The number of rotatable bonds is 0. The number of fused-ring (bicyclic) bond motifs is 4. The van der Waals surface area contributed by atoms with Gasteiger partial charge in [-0.2, -0.15) is 0 Å². The van der Waals surface area contributed by atoms with Crippen LogP contribution in [0.1, 0.15) is 64.6 Å². The minimum absolute atomic E-state index is 0.00346. The molecule has 142 valence electrons. The van der Waals surface area contributed by atoms with Crippen LogP contribution in [0.4, 0.5) is 5.69 Å². The molecule has 3 heteroatoms. The van der Waals surface area contributed by atoms with Crippen LogP contribution in [0.5, 0.6) is 5.75 Å². The fourth-order valence-corrected chi connectivity index (χ4v) is 4.29. The molecule has 0 bridgehead atoms. The minimum Gasteiger partial charge on any atom is -0.379 e. The van der Waals surface area contributed by atoms with Gasteiger partial charge in [0.25, 0.3) is 11.2 Å². The number of hydrogen-bond acceptors (Lipinski definition) is 1. The maximum absolute atomic E-state index is 6.71. The number of aromatic nitrogens is 1. The van der Waals surface area contributed by atoms with Gasteiger partial charge in [-0.15, -0.1) is 0 Å². The van der Waals surface area contributed by atoms with Gasteiger partial charge in [0.2, 0.25) is 0 Å². The maximum Gasteiger partial charge on any atom is 0.517 e. The number of ether oxygens (including phenoxy) is 1. The number of benzene rings is 2. The third-order valence-electron chi connectivity index (χ3n) is 5.87. The Balaban J connectivity index is 1.79. The van der Waals surface area contributed by atoms with E-state index in [0.29, 0.717) is 0 Å². The third-order valence-corrected chi connectivity index (χ3v) is 5.87. The van der Waals surface area contributed by atoms with Gasteiger partial charge in [0, 0.05) is 17.7 Å². The van der Waals surface area contributed by atoms with E-state index in [9.17, 15) is 0 Å². The molecule has 2 aromatic carbocycles. The van der Waals surface area contributed by atoms with E-state index in [-0.39, 0.29) is 17.2 Å². The molecule has 0 amide bonds. The van der Waals surface area contributed by atoms with Gasteiger partial charge >= 0.3 is 6.35 Å². The molecular formula is C25H28N2O+2. The van der Waals surface area contributed by atoms with Crippen molar-refractivity contribution in [1.82, 2.24) is 0 Å². The predicted octanol–water partition coefficient (Wildman–Crippen LogP) is 5.35. The molecule has 5 rings (SSSR count). The molecule has 3 aromatic rings. The Kier molecular flexibility index (Phi) is 3.38. The van der Waals surface area contributed by atoms with Crippen molar-refractivity contribution in [3.63, 3.8) is 0 Å². The maximum atomic E-state index is 6.71. The van der Waals surface area contributed by atoms with Crippen molar-refractivity contribution in [2.45, 2.75) is 58.7 Å². The third kappa shape index (κ3) is 2.42. The summed E-state index contributed by atoms with van der Waals surface area (Å²) >= 11 is 0. The highest BCUT2D eigenvalue weighted by Crippen LogP contribution is 2.43. The van der Waals surface area contributed by atoms with Crippen molar-refractivity contribution in [3.05, 3.63) is 65.4 Å². The zero-order valence-electron chi connectivity index (χ0n) is 17.6. The Hall–Kier alpha value is -2.68. The summed E-state index contributed by atoms with van der Waals surface area (Å²) in [5.74, 6) is 1.01. The molecule has 3 nitrogen and oxygen atoms in total. The van der Waals surface area contributed by atoms with Crippen LogP contribution in [0.25, 0.3) is 10.9 Å². The van der Waals surface area contributed by atoms with Crippen LogP contribution < -0.4 is 9.30 Å². The molecule has 1 atom stereocenters. The van der Waals surface area contributed by atoms with Crippen LogP contribution in [0, 0.1) is 0 Å². The minimum atomic E-state index is -0.171. The summed E-state index contributed by atoms with van der Waals surface area (Å²) in [6.07, 6.45) is 4.22. The van der Waals surface area contributed by atoms with Crippen molar-refractivity contribution in [2.75, 3.05) is 0 Å². The first kappa shape index (κ1) is 17.4. The molecule has 0 saturated carbocycles. The van der Waals surface area contributed by atoms with Gasteiger partial charge in [-0.3, -0.25) is 0 Å². The molecule has 1 unspecified atom stereocenters. The van der Waals surface area contributed by atoms with Crippen LogP contribution in [0.2, 0.25) is 0 Å². The Morgan fingerprint density at radius 1 is 0.893 bits per heavy atom. The van der Waals surface area contributed by atoms with Crippen LogP contribution in [-0.2, 0) is 10.8 Å². The number of nitrogens with zero attached hydrogens (tertiary/aromatic N) is 2. The summed E-state index contributed by atoms with van der Waals surface area (Å²) in [4.78, 5) is 0. The second-order valence-corrected chi connectivity index (χ2v) is 10.1. The Morgan fingerprint density at radius 2 is 1.64 bits per heavy atom. The molecule has 0 aliphatic carbocycles. The van der Waals surface area contributed by atoms with E-state index >= 15 is 0 Å². The van der Waals surface area contributed by atoms with Crippen LogP contribution in [0.3, 0.4) is 0 Å². The summed E-state index contributed by atoms with van der Waals surface area (Å²) in [7, 11) is 0. The zero-order valence-corrected chi connectivity index (χ0v) is 17.6. The quantitative estimate of drug-likeness (QED) is 0.486. The number of para-hydroxylation sites is 1. The lowest BCUT2D eigenvalue weighted by Crippen LogP contribution is -2.45. The second kappa shape index (κ2) is 5.44. The average molecular weight is 373 g/mol. The Bertz CT molecular complexity index is 1150. The van der Waals surface area contributed by atoms with Crippen LogP contribution in [0.15, 0.2) is 48.7 Å². The monoisotopic (exact) mass is 372 g/mol. The molecule has 3 heterocycles. The highest BCUT2D eigenvalue weighted by Gasteiger charge is 2.49.